The van der Waals surface area contributed by atoms with E-state index in [9.17, 15) is 5.11 Å². The van der Waals surface area contributed by atoms with Crippen LogP contribution in [0.5, 0.6) is 5.75 Å². The maximum atomic E-state index is 9.83. The third kappa shape index (κ3) is 2.46. The number of benzene rings is 2. The van der Waals surface area contributed by atoms with Gasteiger partial charge in [0.25, 0.3) is 0 Å². The molecule has 18 heavy (non-hydrogen) atoms. The van der Waals surface area contributed by atoms with Gasteiger partial charge in [-0.15, -0.1) is 0 Å². The molecule has 4 heteroatoms. The average molecular weight is 262 g/mol. The van der Waals surface area contributed by atoms with E-state index in [2.05, 4.69) is 5.16 Å². The van der Waals surface area contributed by atoms with Crippen molar-refractivity contribution in [1.29, 1.82) is 0 Å². The third-order valence-corrected chi connectivity index (χ3v) is 2.88. The number of hydrogen-bond acceptors (Lipinski definition) is 3. The number of aromatic hydroxyl groups is 1. The van der Waals surface area contributed by atoms with E-state index in [1.165, 1.54) is 0 Å². The van der Waals surface area contributed by atoms with Crippen LogP contribution in [0.15, 0.2) is 47.6 Å². The van der Waals surface area contributed by atoms with Gasteiger partial charge in [-0.3, -0.25) is 0 Å². The number of halogens is 1. The molecule has 0 spiro atoms. The Balaban J connectivity index is 2.52. The van der Waals surface area contributed by atoms with E-state index in [1.54, 1.807) is 42.5 Å². The molecular weight excluding hydrogens is 250 g/mol. The minimum atomic E-state index is 0.0725. The topological polar surface area (TPSA) is 52.8 Å². The summed E-state index contributed by atoms with van der Waals surface area (Å²) in [6.07, 6.45) is 0. The van der Waals surface area contributed by atoms with Gasteiger partial charge in [0, 0.05) is 16.1 Å². The smallest absolute Gasteiger partial charge is 0.125 e. The van der Waals surface area contributed by atoms with Crippen molar-refractivity contribution >= 4 is 17.3 Å². The molecule has 0 aliphatic rings. The van der Waals surface area contributed by atoms with Gasteiger partial charge in [-0.05, 0) is 31.2 Å². The van der Waals surface area contributed by atoms with Crippen molar-refractivity contribution in [3.05, 3.63) is 64.2 Å². The second-order valence-electron chi connectivity index (χ2n) is 3.98. The van der Waals surface area contributed by atoms with E-state index < -0.39 is 0 Å². The molecule has 0 bridgehead atoms. The van der Waals surface area contributed by atoms with Crippen molar-refractivity contribution in [2.24, 2.45) is 5.16 Å². The molecule has 0 aliphatic heterocycles. The monoisotopic (exact) mass is 261 g/mol. The molecular formula is C14H12ClNO2. The first-order valence-corrected chi connectivity index (χ1v) is 5.77. The van der Waals surface area contributed by atoms with Crippen molar-refractivity contribution in [3.8, 4) is 5.75 Å². The van der Waals surface area contributed by atoms with E-state index >= 15 is 0 Å². The highest BCUT2D eigenvalue weighted by Crippen LogP contribution is 2.23. The van der Waals surface area contributed by atoms with E-state index in [4.69, 9.17) is 16.8 Å². The Morgan fingerprint density at radius 1 is 1.11 bits per heavy atom. The van der Waals surface area contributed by atoms with Gasteiger partial charge in [-0.25, -0.2) is 0 Å². The third-order valence-electron chi connectivity index (χ3n) is 2.62. The Bertz CT molecular complexity index is 591. The first-order chi connectivity index (χ1) is 8.61. The predicted molar refractivity (Wildman–Crippen MR) is 71.7 cm³/mol. The van der Waals surface area contributed by atoms with Crippen LogP contribution in [-0.4, -0.2) is 16.0 Å². The molecule has 0 heterocycles. The van der Waals surface area contributed by atoms with Gasteiger partial charge in [0.2, 0.25) is 0 Å². The van der Waals surface area contributed by atoms with Crippen LogP contribution in [0.25, 0.3) is 0 Å². The van der Waals surface area contributed by atoms with E-state index in [-0.39, 0.29) is 5.75 Å². The summed E-state index contributed by atoms with van der Waals surface area (Å²) < 4.78 is 0. The fourth-order valence-electron chi connectivity index (χ4n) is 1.71. The number of phenolic OH excluding ortho intramolecular Hbond substituents is 1. The van der Waals surface area contributed by atoms with Crippen LogP contribution in [0.1, 0.15) is 16.7 Å². The van der Waals surface area contributed by atoms with Crippen LogP contribution in [0.4, 0.5) is 0 Å². The lowest BCUT2D eigenvalue weighted by atomic mass is 10.00. The quantitative estimate of drug-likeness (QED) is 0.493. The number of phenols is 1. The summed E-state index contributed by atoms with van der Waals surface area (Å²) in [6.45, 7) is 1.90. The summed E-state index contributed by atoms with van der Waals surface area (Å²) in [6, 6.07) is 12.0. The predicted octanol–water partition coefficient (Wildman–Crippen LogP) is 3.58. The number of hydrogen-bond donors (Lipinski definition) is 2. The van der Waals surface area contributed by atoms with Crippen LogP contribution in [0.2, 0.25) is 5.02 Å². The molecule has 92 valence electrons. The summed E-state index contributed by atoms with van der Waals surface area (Å²) in [4.78, 5) is 0. The maximum Gasteiger partial charge on any atom is 0.125 e. The van der Waals surface area contributed by atoms with Gasteiger partial charge in [0.15, 0.2) is 0 Å². The molecule has 2 aromatic rings. The van der Waals surface area contributed by atoms with Gasteiger partial charge >= 0.3 is 0 Å². The molecule has 3 nitrogen and oxygen atoms in total. The second-order valence-corrected chi connectivity index (χ2v) is 4.41. The fourth-order valence-corrected chi connectivity index (χ4v) is 1.84. The average Bonchev–Trinajstić information content (AvgIpc) is 2.37. The van der Waals surface area contributed by atoms with Crippen LogP contribution >= 0.6 is 11.6 Å². The van der Waals surface area contributed by atoms with Crippen molar-refractivity contribution in [3.63, 3.8) is 0 Å². The van der Waals surface area contributed by atoms with Gasteiger partial charge in [0.05, 0.1) is 0 Å². The molecule has 0 aromatic heterocycles. The molecule has 0 unspecified atom stereocenters. The number of oxime groups is 1. The van der Waals surface area contributed by atoms with E-state index in [0.29, 0.717) is 21.9 Å². The second kappa shape index (κ2) is 5.10. The van der Waals surface area contributed by atoms with E-state index in [0.717, 1.165) is 5.56 Å². The van der Waals surface area contributed by atoms with Crippen LogP contribution in [-0.2, 0) is 0 Å². The molecule has 2 N–H and O–H groups in total. The number of rotatable bonds is 2. The summed E-state index contributed by atoms with van der Waals surface area (Å²) in [5.41, 5.74) is 2.45. The molecule has 0 aliphatic carbocycles. The Hall–Kier alpha value is -2.00. The lowest BCUT2D eigenvalue weighted by Gasteiger charge is -2.08. The highest BCUT2D eigenvalue weighted by Gasteiger charge is 2.12. The Labute approximate surface area is 110 Å². The summed E-state index contributed by atoms with van der Waals surface area (Å²) in [5.74, 6) is 0.0725. The normalized spacial score (nSPS) is 11.6. The van der Waals surface area contributed by atoms with Gasteiger partial charge in [0.1, 0.15) is 11.5 Å². The first-order valence-electron chi connectivity index (χ1n) is 5.40. The molecule has 0 radical (unpaired) electrons. The maximum absolute atomic E-state index is 9.83. The Kier molecular flexibility index (Phi) is 3.53. The lowest BCUT2D eigenvalue weighted by Crippen LogP contribution is -2.04. The van der Waals surface area contributed by atoms with Crippen molar-refractivity contribution in [2.45, 2.75) is 6.92 Å². The summed E-state index contributed by atoms with van der Waals surface area (Å²) in [5, 5.41) is 22.9. The lowest BCUT2D eigenvalue weighted by molar-refractivity contribution is 0.319. The van der Waals surface area contributed by atoms with Crippen molar-refractivity contribution < 1.29 is 10.3 Å². The van der Waals surface area contributed by atoms with Crippen LogP contribution in [0.3, 0.4) is 0 Å². The summed E-state index contributed by atoms with van der Waals surface area (Å²) >= 11 is 5.81. The molecule has 0 atom stereocenters. The zero-order valence-corrected chi connectivity index (χ0v) is 10.5. The molecule has 2 aromatic carbocycles. The highest BCUT2D eigenvalue weighted by atomic mass is 35.5. The molecule has 0 amide bonds. The van der Waals surface area contributed by atoms with Gasteiger partial charge in [-0.2, -0.15) is 0 Å². The van der Waals surface area contributed by atoms with Gasteiger partial charge < -0.3 is 10.3 Å². The number of nitrogens with zero attached hydrogens (tertiary/aromatic N) is 1. The standard InChI is InChI=1S/C14H12ClNO2/c1-9-2-7-13(17)12(8-9)14(16-18)10-3-5-11(15)6-4-10/h2-8,17-18H,1H3. The zero-order chi connectivity index (χ0) is 13.1. The van der Waals surface area contributed by atoms with Crippen LogP contribution in [0, 0.1) is 6.92 Å². The SMILES string of the molecule is Cc1ccc(O)c(C(=NO)c2ccc(Cl)cc2)c1. The molecule has 0 fully saturated rings. The Morgan fingerprint density at radius 3 is 2.39 bits per heavy atom. The van der Waals surface area contributed by atoms with Crippen LogP contribution < -0.4 is 0 Å². The molecule has 2 rings (SSSR count). The first kappa shape index (κ1) is 12.5. The largest absolute Gasteiger partial charge is 0.507 e. The minimum Gasteiger partial charge on any atom is -0.507 e. The minimum absolute atomic E-state index is 0.0725. The van der Waals surface area contributed by atoms with Crippen molar-refractivity contribution in [2.75, 3.05) is 0 Å². The van der Waals surface area contributed by atoms with Crippen molar-refractivity contribution in [1.82, 2.24) is 0 Å². The summed E-state index contributed by atoms with van der Waals surface area (Å²) in [7, 11) is 0. The van der Waals surface area contributed by atoms with E-state index in [1.807, 2.05) is 6.92 Å². The zero-order valence-electron chi connectivity index (χ0n) is 9.76. The highest BCUT2D eigenvalue weighted by molar-refractivity contribution is 6.30. The number of aryl methyl sites for hydroxylation is 1. The van der Waals surface area contributed by atoms with Gasteiger partial charge in [-0.1, -0.05) is 40.5 Å². The molecule has 0 saturated carbocycles. The Morgan fingerprint density at radius 2 is 1.78 bits per heavy atom. The molecule has 0 saturated heterocycles. The fraction of sp³-hybridized carbons (Fsp3) is 0.0714.